The fourth-order valence-corrected chi connectivity index (χ4v) is 2.40. The third kappa shape index (κ3) is 2.71. The van der Waals surface area contributed by atoms with Crippen molar-refractivity contribution >= 4 is 5.91 Å². The van der Waals surface area contributed by atoms with E-state index < -0.39 is 0 Å². The number of hydrogen-bond acceptors (Lipinski definition) is 3. The molecule has 0 radical (unpaired) electrons. The van der Waals surface area contributed by atoms with Crippen LogP contribution in [-0.4, -0.2) is 23.9 Å². The van der Waals surface area contributed by atoms with Gasteiger partial charge < -0.3 is 4.90 Å². The largest absolute Gasteiger partial charge is 0.316 e. The van der Waals surface area contributed by atoms with Gasteiger partial charge in [0.05, 0.1) is 18.1 Å². The number of nitrogens with zero attached hydrogens (tertiary/aromatic N) is 3. The Morgan fingerprint density at radius 2 is 1.78 bits per heavy atom. The van der Waals surface area contributed by atoms with Crippen LogP contribution in [0.2, 0.25) is 0 Å². The SMILES string of the molecule is CC(C)=CC1C(C(=O)N(CC#N)CC#N)C1(C)C. The molecule has 0 aliphatic heterocycles. The van der Waals surface area contributed by atoms with Crippen molar-refractivity contribution in [1.82, 2.24) is 4.90 Å². The van der Waals surface area contributed by atoms with Crippen LogP contribution >= 0.6 is 0 Å². The molecule has 0 aromatic carbocycles. The van der Waals surface area contributed by atoms with Gasteiger partial charge in [-0.15, -0.1) is 0 Å². The molecule has 96 valence electrons. The van der Waals surface area contributed by atoms with Gasteiger partial charge in [0.25, 0.3) is 0 Å². The molecule has 0 bridgehead atoms. The first kappa shape index (κ1) is 14.3. The Kier molecular flexibility index (Phi) is 4.14. The van der Waals surface area contributed by atoms with Gasteiger partial charge in [-0.05, 0) is 25.2 Å². The Morgan fingerprint density at radius 1 is 1.28 bits per heavy atom. The Balaban J connectivity index is 2.83. The van der Waals surface area contributed by atoms with Crippen LogP contribution in [0, 0.1) is 39.9 Å². The predicted molar refractivity (Wildman–Crippen MR) is 68.0 cm³/mol. The lowest BCUT2D eigenvalue weighted by molar-refractivity contribution is -0.132. The molecule has 1 rings (SSSR count). The zero-order valence-corrected chi connectivity index (χ0v) is 11.4. The zero-order valence-electron chi connectivity index (χ0n) is 11.4. The number of hydrogen-bond donors (Lipinski definition) is 0. The Bertz CT molecular complexity index is 431. The van der Waals surface area contributed by atoms with E-state index in [2.05, 4.69) is 19.9 Å². The van der Waals surface area contributed by atoms with Gasteiger partial charge >= 0.3 is 0 Å². The van der Waals surface area contributed by atoms with Crippen LogP contribution in [0.5, 0.6) is 0 Å². The summed E-state index contributed by atoms with van der Waals surface area (Å²) < 4.78 is 0. The van der Waals surface area contributed by atoms with Crippen LogP contribution in [0.25, 0.3) is 0 Å². The Morgan fingerprint density at radius 3 is 2.17 bits per heavy atom. The highest BCUT2D eigenvalue weighted by atomic mass is 16.2. The molecular weight excluding hydrogens is 226 g/mol. The number of carbonyl (C=O) groups excluding carboxylic acids is 1. The third-order valence-electron chi connectivity index (χ3n) is 3.52. The summed E-state index contributed by atoms with van der Waals surface area (Å²) >= 11 is 0. The summed E-state index contributed by atoms with van der Waals surface area (Å²) in [6, 6.07) is 3.88. The number of allylic oxidation sites excluding steroid dienone is 2. The average molecular weight is 245 g/mol. The van der Waals surface area contributed by atoms with Crippen LogP contribution in [-0.2, 0) is 4.79 Å². The monoisotopic (exact) mass is 245 g/mol. The van der Waals surface area contributed by atoms with Gasteiger partial charge in [0, 0.05) is 0 Å². The lowest BCUT2D eigenvalue weighted by atomic mass is 10.1. The second-order valence-electron chi connectivity index (χ2n) is 5.58. The number of amides is 1. The maximum atomic E-state index is 12.3. The van der Waals surface area contributed by atoms with E-state index in [0.29, 0.717) is 0 Å². The highest BCUT2D eigenvalue weighted by Gasteiger charge is 2.61. The molecule has 0 heterocycles. The first-order valence-corrected chi connectivity index (χ1v) is 6.04. The molecule has 18 heavy (non-hydrogen) atoms. The van der Waals surface area contributed by atoms with Gasteiger partial charge in [-0.3, -0.25) is 4.79 Å². The highest BCUT2D eigenvalue weighted by Crippen LogP contribution is 2.60. The van der Waals surface area contributed by atoms with Gasteiger partial charge in [0.15, 0.2) is 0 Å². The Labute approximate surface area is 108 Å². The molecule has 1 aliphatic rings. The summed E-state index contributed by atoms with van der Waals surface area (Å²) in [5.41, 5.74) is 1.12. The predicted octanol–water partition coefficient (Wildman–Crippen LogP) is 2.10. The molecule has 1 amide bonds. The molecule has 1 aliphatic carbocycles. The van der Waals surface area contributed by atoms with Crippen LogP contribution in [0.1, 0.15) is 27.7 Å². The van der Waals surface area contributed by atoms with Crippen LogP contribution in [0.4, 0.5) is 0 Å². The summed E-state index contributed by atoms with van der Waals surface area (Å²) in [5.74, 6) is 0.0367. The van der Waals surface area contributed by atoms with E-state index in [1.54, 1.807) is 0 Å². The van der Waals surface area contributed by atoms with Gasteiger partial charge in [0.1, 0.15) is 13.1 Å². The van der Waals surface area contributed by atoms with Gasteiger partial charge in [-0.1, -0.05) is 25.5 Å². The van der Waals surface area contributed by atoms with Gasteiger partial charge in [-0.2, -0.15) is 10.5 Å². The van der Waals surface area contributed by atoms with Crippen molar-refractivity contribution < 1.29 is 4.79 Å². The molecule has 1 saturated carbocycles. The van der Waals surface area contributed by atoms with E-state index in [-0.39, 0.29) is 36.2 Å². The van der Waals surface area contributed by atoms with Crippen molar-refractivity contribution in [2.24, 2.45) is 17.3 Å². The molecule has 4 nitrogen and oxygen atoms in total. The minimum absolute atomic E-state index is 0.0134. The topological polar surface area (TPSA) is 67.9 Å². The Hall–Kier alpha value is -1.81. The summed E-state index contributed by atoms with van der Waals surface area (Å²) in [5, 5.41) is 17.4. The van der Waals surface area contributed by atoms with E-state index in [0.717, 1.165) is 0 Å². The molecule has 4 heteroatoms. The zero-order chi connectivity index (χ0) is 13.9. The summed E-state index contributed by atoms with van der Waals surface area (Å²) in [6.07, 6.45) is 2.11. The van der Waals surface area contributed by atoms with E-state index in [1.165, 1.54) is 10.5 Å². The number of carbonyl (C=O) groups is 1. The quantitative estimate of drug-likeness (QED) is 0.562. The minimum Gasteiger partial charge on any atom is -0.316 e. The van der Waals surface area contributed by atoms with Crippen molar-refractivity contribution in [2.75, 3.05) is 13.1 Å². The maximum absolute atomic E-state index is 12.3. The summed E-state index contributed by atoms with van der Waals surface area (Å²) in [4.78, 5) is 13.6. The van der Waals surface area contributed by atoms with Gasteiger partial charge in [-0.25, -0.2) is 0 Å². The van der Waals surface area contributed by atoms with E-state index in [4.69, 9.17) is 10.5 Å². The summed E-state index contributed by atoms with van der Waals surface area (Å²) in [7, 11) is 0. The van der Waals surface area contributed by atoms with E-state index in [1.807, 2.05) is 26.0 Å². The van der Waals surface area contributed by atoms with Crippen molar-refractivity contribution in [3.05, 3.63) is 11.6 Å². The fourth-order valence-electron chi connectivity index (χ4n) is 2.40. The molecular formula is C14H19N3O. The number of nitriles is 2. The second kappa shape index (κ2) is 5.23. The highest BCUT2D eigenvalue weighted by molar-refractivity contribution is 5.84. The lowest BCUT2D eigenvalue weighted by Crippen LogP contribution is -2.34. The maximum Gasteiger partial charge on any atom is 0.228 e. The standard InChI is InChI=1S/C14H19N3O/c1-10(2)9-11-12(14(11,3)4)13(18)17(7-5-15)8-6-16/h9,11-12H,7-8H2,1-4H3. The molecule has 2 unspecified atom stereocenters. The van der Waals surface area contributed by atoms with Crippen LogP contribution in [0.15, 0.2) is 11.6 Å². The normalized spacial score (nSPS) is 23.4. The molecule has 0 saturated heterocycles. The smallest absolute Gasteiger partial charge is 0.228 e. The van der Waals surface area contributed by atoms with Crippen molar-refractivity contribution in [2.45, 2.75) is 27.7 Å². The third-order valence-corrected chi connectivity index (χ3v) is 3.52. The van der Waals surface area contributed by atoms with Gasteiger partial charge in [0.2, 0.25) is 5.91 Å². The van der Waals surface area contributed by atoms with Crippen molar-refractivity contribution in [3.63, 3.8) is 0 Å². The lowest BCUT2D eigenvalue weighted by Gasteiger charge is -2.16. The molecule has 1 fully saturated rings. The second-order valence-corrected chi connectivity index (χ2v) is 5.58. The summed E-state index contributed by atoms with van der Waals surface area (Å²) in [6.45, 7) is 8.10. The van der Waals surface area contributed by atoms with Crippen molar-refractivity contribution in [1.29, 1.82) is 10.5 Å². The minimum atomic E-state index is -0.103. The van der Waals surface area contributed by atoms with Crippen LogP contribution < -0.4 is 0 Å². The molecule has 0 aromatic rings. The fraction of sp³-hybridized carbons (Fsp3) is 0.643. The first-order valence-electron chi connectivity index (χ1n) is 6.04. The van der Waals surface area contributed by atoms with E-state index in [9.17, 15) is 4.79 Å². The van der Waals surface area contributed by atoms with E-state index >= 15 is 0 Å². The molecule has 2 atom stereocenters. The number of rotatable bonds is 4. The average Bonchev–Trinajstić information content (AvgIpc) is 2.78. The molecule has 0 N–H and O–H groups in total. The van der Waals surface area contributed by atoms with Crippen molar-refractivity contribution in [3.8, 4) is 12.1 Å². The van der Waals surface area contributed by atoms with Crippen LogP contribution in [0.3, 0.4) is 0 Å². The first-order chi connectivity index (χ1) is 8.36. The molecule has 0 spiro atoms. The molecule has 0 aromatic heterocycles.